The van der Waals surface area contributed by atoms with Crippen LogP contribution in [0.5, 0.6) is 0 Å². The molecule has 0 spiro atoms. The number of allylic oxidation sites excluding steroid dienone is 9. The van der Waals surface area contributed by atoms with Crippen molar-refractivity contribution in [1.82, 2.24) is 0 Å². The van der Waals surface area contributed by atoms with Gasteiger partial charge in [-0.3, -0.25) is 0 Å². The van der Waals surface area contributed by atoms with E-state index in [0.29, 0.717) is 0 Å². The van der Waals surface area contributed by atoms with Gasteiger partial charge in [0.05, 0.1) is 0 Å². The van der Waals surface area contributed by atoms with Gasteiger partial charge in [0.2, 0.25) is 0 Å². The summed E-state index contributed by atoms with van der Waals surface area (Å²) in [5, 5.41) is 0. The molecule has 10 heteroatoms. The summed E-state index contributed by atoms with van der Waals surface area (Å²) in [6.07, 6.45) is 13.7. The Balaban J connectivity index is 0.000000479. The van der Waals surface area contributed by atoms with Crippen LogP contribution in [0, 0.1) is 0 Å². The number of rotatable bonds is 3. The van der Waals surface area contributed by atoms with E-state index in [2.05, 4.69) is 129 Å². The normalized spacial score (nSPS) is 17.2. The van der Waals surface area contributed by atoms with Crippen LogP contribution in [-0.2, 0) is 0 Å². The van der Waals surface area contributed by atoms with E-state index >= 15 is 0 Å². The molecular formula is C27H27F6N2PSe. The van der Waals surface area contributed by atoms with Gasteiger partial charge in [-0.05, 0) is 0 Å². The predicted octanol–water partition coefficient (Wildman–Crippen LogP) is 8.37. The van der Waals surface area contributed by atoms with Gasteiger partial charge in [0.1, 0.15) is 0 Å². The molecule has 0 radical (unpaired) electrons. The first-order chi connectivity index (χ1) is 17.0. The topological polar surface area (TPSA) is 6.25 Å². The van der Waals surface area contributed by atoms with Gasteiger partial charge in [0.25, 0.3) is 0 Å². The van der Waals surface area contributed by atoms with E-state index in [1.165, 1.54) is 42.6 Å². The van der Waals surface area contributed by atoms with Gasteiger partial charge >= 0.3 is 219 Å². The van der Waals surface area contributed by atoms with Gasteiger partial charge in [-0.2, -0.15) is 0 Å². The van der Waals surface area contributed by atoms with E-state index < -0.39 is 7.81 Å². The summed E-state index contributed by atoms with van der Waals surface area (Å²) >= 11 is 0.258. The van der Waals surface area contributed by atoms with Gasteiger partial charge in [0, 0.05) is 0 Å². The monoisotopic (exact) mass is 604 g/mol. The Hall–Kier alpha value is -2.86. The minimum absolute atomic E-state index is 0.258. The average Bonchev–Trinajstić information content (AvgIpc) is 2.82. The molecule has 2 nitrogen and oxygen atoms in total. The SMILES string of the molecule is CN(C)c1ccc(C2=CC(=C3C=CC(=[N+](C)C)C=C3)[Se]C(c3ccccc3)=C2)cc1.F[P-](F)(F)(F)(F)F. The molecule has 2 aromatic carbocycles. The van der Waals surface area contributed by atoms with Crippen molar-refractivity contribution in [2.24, 2.45) is 0 Å². The standard InChI is InChI=1S/C27H27N2Se.F6P/c1-28(2)24-14-10-20(11-15-24)23-18-26(21-8-6-5-7-9-21)30-27(19-23)22-12-16-25(17-13-22)29(3)4;1-7(2,3,4,5)6/h5-19H,1-4H3;/q+1;-1. The van der Waals surface area contributed by atoms with Crippen LogP contribution in [0.3, 0.4) is 0 Å². The number of hydrogen-bond donors (Lipinski definition) is 0. The summed E-state index contributed by atoms with van der Waals surface area (Å²) in [5.41, 5.74) is 7.60. The van der Waals surface area contributed by atoms with Gasteiger partial charge in [-0.1, -0.05) is 0 Å². The zero-order valence-electron chi connectivity index (χ0n) is 20.7. The van der Waals surface area contributed by atoms with Crippen molar-refractivity contribution >= 4 is 44.2 Å². The van der Waals surface area contributed by atoms with Crippen LogP contribution in [-0.4, -0.2) is 53.4 Å². The summed E-state index contributed by atoms with van der Waals surface area (Å²) < 4.78 is 64.2. The Morgan fingerprint density at radius 3 is 1.73 bits per heavy atom. The van der Waals surface area contributed by atoms with Crippen molar-refractivity contribution in [3.63, 3.8) is 0 Å². The molecule has 0 atom stereocenters. The van der Waals surface area contributed by atoms with Crippen molar-refractivity contribution in [1.29, 1.82) is 0 Å². The third-order valence-electron chi connectivity index (χ3n) is 5.24. The predicted molar refractivity (Wildman–Crippen MR) is 145 cm³/mol. The maximum atomic E-state index is 9.87. The Labute approximate surface area is 219 Å². The molecule has 0 bridgehead atoms. The van der Waals surface area contributed by atoms with E-state index in [9.17, 15) is 25.2 Å². The van der Waals surface area contributed by atoms with E-state index in [-0.39, 0.29) is 15.0 Å². The Kier molecular flexibility index (Phi) is 7.86. The van der Waals surface area contributed by atoms with Crippen molar-refractivity contribution in [2.45, 2.75) is 0 Å². The maximum absolute atomic E-state index is 10.7. The molecule has 2 aliphatic rings. The molecule has 1 aliphatic heterocycles. The average molecular weight is 603 g/mol. The quantitative estimate of drug-likeness (QED) is 0.148. The molecule has 0 saturated heterocycles. The summed E-state index contributed by atoms with van der Waals surface area (Å²) in [4.78, 5) is 2.14. The Bertz CT molecular complexity index is 1320. The van der Waals surface area contributed by atoms with Gasteiger partial charge < -0.3 is 0 Å². The van der Waals surface area contributed by atoms with E-state index in [1.807, 2.05) is 0 Å². The summed E-state index contributed by atoms with van der Waals surface area (Å²) in [5.74, 6) is 0. The van der Waals surface area contributed by atoms with Crippen LogP contribution in [0.15, 0.2) is 101 Å². The van der Waals surface area contributed by atoms with E-state index in [1.54, 1.807) is 0 Å². The number of benzene rings is 2. The molecule has 4 rings (SSSR count). The zero-order chi connectivity index (χ0) is 27.5. The molecule has 198 valence electrons. The van der Waals surface area contributed by atoms with Crippen LogP contribution in [0.25, 0.3) is 10.0 Å². The number of halogens is 6. The zero-order valence-corrected chi connectivity index (χ0v) is 23.3. The third kappa shape index (κ3) is 9.84. The fourth-order valence-corrected chi connectivity index (χ4v) is 5.77. The van der Waals surface area contributed by atoms with Gasteiger partial charge in [-0.15, -0.1) is 0 Å². The van der Waals surface area contributed by atoms with Crippen molar-refractivity contribution in [3.8, 4) is 0 Å². The molecule has 0 fully saturated rings. The van der Waals surface area contributed by atoms with Crippen LogP contribution < -0.4 is 4.90 Å². The first-order valence-electron chi connectivity index (χ1n) is 11.1. The number of hydrogen-bond acceptors (Lipinski definition) is 1. The van der Waals surface area contributed by atoms with E-state index in [0.717, 1.165) is 0 Å². The minimum atomic E-state index is -10.7. The Morgan fingerprint density at radius 1 is 0.703 bits per heavy atom. The second kappa shape index (κ2) is 10.1. The molecule has 0 saturated carbocycles. The van der Waals surface area contributed by atoms with Gasteiger partial charge in [0.15, 0.2) is 0 Å². The molecule has 37 heavy (non-hydrogen) atoms. The molecule has 0 amide bonds. The second-order valence-corrected chi connectivity index (χ2v) is 13.0. The van der Waals surface area contributed by atoms with Crippen LogP contribution in [0.4, 0.5) is 30.9 Å². The van der Waals surface area contributed by atoms with Crippen molar-refractivity contribution in [3.05, 3.63) is 112 Å². The first-order valence-corrected chi connectivity index (χ1v) is 14.9. The molecule has 0 aromatic heterocycles. The fourth-order valence-electron chi connectivity index (χ4n) is 3.43. The Morgan fingerprint density at radius 2 is 1.24 bits per heavy atom. The van der Waals surface area contributed by atoms with Crippen molar-refractivity contribution < 1.29 is 29.8 Å². The summed E-state index contributed by atoms with van der Waals surface area (Å²) in [7, 11) is -2.34. The van der Waals surface area contributed by atoms with Crippen LogP contribution in [0.1, 0.15) is 11.1 Å². The fraction of sp³-hybridized carbons (Fsp3) is 0.148. The van der Waals surface area contributed by atoms with Crippen molar-refractivity contribution in [2.75, 3.05) is 33.1 Å². The number of nitrogens with zero attached hydrogens (tertiary/aromatic N) is 2. The second-order valence-electron chi connectivity index (χ2n) is 8.78. The molecule has 1 heterocycles. The number of anilines is 1. The molecule has 0 unspecified atom stereocenters. The third-order valence-corrected chi connectivity index (χ3v) is 7.64. The van der Waals surface area contributed by atoms with Crippen LogP contribution in [0.2, 0.25) is 0 Å². The van der Waals surface area contributed by atoms with Crippen LogP contribution >= 0.6 is 7.81 Å². The summed E-state index contributed by atoms with van der Waals surface area (Å²) in [6, 6.07) is 19.6. The molecule has 1 aliphatic carbocycles. The molecule has 2 aromatic rings. The molecular weight excluding hydrogens is 576 g/mol. The molecule has 0 N–H and O–H groups in total. The van der Waals surface area contributed by atoms with Gasteiger partial charge in [-0.25, -0.2) is 0 Å². The summed E-state index contributed by atoms with van der Waals surface area (Å²) in [6.45, 7) is 0. The first kappa shape index (κ1) is 28.7. The van der Waals surface area contributed by atoms with E-state index in [4.69, 9.17) is 0 Å².